The molecule has 3 amide bonds. The maximum atomic E-state index is 12.6. The van der Waals surface area contributed by atoms with Crippen molar-refractivity contribution in [3.63, 3.8) is 0 Å². The van der Waals surface area contributed by atoms with Gasteiger partial charge in [-0.05, 0) is 18.8 Å². The third-order valence-corrected chi connectivity index (χ3v) is 4.60. The Morgan fingerprint density at radius 2 is 1.72 bits per heavy atom. The third kappa shape index (κ3) is 6.68. The SMILES string of the molecule is CC(C)C(NC(=O)C(N)CC(=O)O)C(=O)NC(CO)C(=O)N1CCCC1C(=O)O. The highest BCUT2D eigenvalue weighted by molar-refractivity contribution is 5.95. The Morgan fingerprint density at radius 3 is 2.21 bits per heavy atom. The molecule has 0 aromatic heterocycles. The molecule has 1 rings (SSSR count). The van der Waals surface area contributed by atoms with Crippen LogP contribution in [0.15, 0.2) is 0 Å². The number of carbonyl (C=O) groups excluding carboxylic acids is 3. The van der Waals surface area contributed by atoms with Crippen LogP contribution in [0.4, 0.5) is 0 Å². The van der Waals surface area contributed by atoms with E-state index in [0.717, 1.165) is 4.90 Å². The number of likely N-dealkylation sites (tertiary alicyclic amines) is 1. The molecule has 0 bridgehead atoms. The van der Waals surface area contributed by atoms with E-state index in [4.69, 9.17) is 10.8 Å². The lowest BCUT2D eigenvalue weighted by molar-refractivity contribution is -0.150. The first-order chi connectivity index (χ1) is 13.5. The van der Waals surface area contributed by atoms with Gasteiger partial charge in [0.2, 0.25) is 17.7 Å². The largest absolute Gasteiger partial charge is 0.481 e. The highest BCUT2D eigenvalue weighted by Gasteiger charge is 2.38. The van der Waals surface area contributed by atoms with Crippen molar-refractivity contribution in [3.05, 3.63) is 0 Å². The van der Waals surface area contributed by atoms with Gasteiger partial charge < -0.3 is 36.6 Å². The number of aliphatic hydroxyl groups is 1. The van der Waals surface area contributed by atoms with Gasteiger partial charge in [0.25, 0.3) is 0 Å². The quantitative estimate of drug-likeness (QED) is 0.222. The van der Waals surface area contributed by atoms with E-state index in [1.807, 2.05) is 0 Å². The van der Waals surface area contributed by atoms with E-state index in [9.17, 15) is 34.2 Å². The maximum Gasteiger partial charge on any atom is 0.326 e. The number of carbonyl (C=O) groups is 5. The molecular weight excluding hydrogens is 388 g/mol. The molecule has 1 aliphatic rings. The minimum absolute atomic E-state index is 0.191. The number of hydrogen-bond acceptors (Lipinski definition) is 7. The zero-order valence-electron chi connectivity index (χ0n) is 16.3. The molecule has 1 saturated heterocycles. The summed E-state index contributed by atoms with van der Waals surface area (Å²) in [5.74, 6) is -5.25. The van der Waals surface area contributed by atoms with Crippen molar-refractivity contribution >= 4 is 29.7 Å². The second-order valence-corrected chi connectivity index (χ2v) is 7.21. The molecular formula is C17H28N4O8. The average molecular weight is 416 g/mol. The molecule has 0 spiro atoms. The molecule has 0 aromatic carbocycles. The van der Waals surface area contributed by atoms with Crippen LogP contribution in [0.3, 0.4) is 0 Å². The van der Waals surface area contributed by atoms with E-state index in [2.05, 4.69) is 10.6 Å². The summed E-state index contributed by atoms with van der Waals surface area (Å²) in [6.07, 6.45) is 0.141. The fourth-order valence-electron chi connectivity index (χ4n) is 3.01. The zero-order chi connectivity index (χ0) is 22.3. The summed E-state index contributed by atoms with van der Waals surface area (Å²) in [5.41, 5.74) is 5.49. The molecule has 12 heteroatoms. The Labute approximate surface area is 167 Å². The third-order valence-electron chi connectivity index (χ3n) is 4.60. The Bertz CT molecular complexity index is 653. The van der Waals surface area contributed by atoms with Gasteiger partial charge in [0.05, 0.1) is 19.1 Å². The van der Waals surface area contributed by atoms with Gasteiger partial charge in [-0.3, -0.25) is 19.2 Å². The number of aliphatic carboxylic acids is 2. The van der Waals surface area contributed by atoms with Gasteiger partial charge in [-0.25, -0.2) is 4.79 Å². The van der Waals surface area contributed by atoms with Crippen LogP contribution >= 0.6 is 0 Å². The Hall–Kier alpha value is -2.73. The van der Waals surface area contributed by atoms with Gasteiger partial charge >= 0.3 is 11.9 Å². The number of nitrogens with zero attached hydrogens (tertiary/aromatic N) is 1. The molecule has 12 nitrogen and oxygen atoms in total. The van der Waals surface area contributed by atoms with Gasteiger partial charge in [-0.2, -0.15) is 0 Å². The lowest BCUT2D eigenvalue weighted by Gasteiger charge is -2.29. The number of amides is 3. The Balaban J connectivity index is 2.83. The van der Waals surface area contributed by atoms with Crippen molar-refractivity contribution in [2.24, 2.45) is 11.7 Å². The van der Waals surface area contributed by atoms with Gasteiger partial charge in [-0.1, -0.05) is 13.8 Å². The van der Waals surface area contributed by atoms with E-state index in [-0.39, 0.29) is 13.0 Å². The molecule has 4 atom stereocenters. The fraction of sp³-hybridized carbons (Fsp3) is 0.706. The van der Waals surface area contributed by atoms with Gasteiger partial charge in [0.15, 0.2) is 0 Å². The molecule has 29 heavy (non-hydrogen) atoms. The second-order valence-electron chi connectivity index (χ2n) is 7.21. The number of carboxylic acid groups (broad SMARTS) is 2. The summed E-state index contributed by atoms with van der Waals surface area (Å²) in [4.78, 5) is 60.3. The molecule has 7 N–H and O–H groups in total. The minimum atomic E-state index is -1.38. The van der Waals surface area contributed by atoms with Gasteiger partial charge in [0, 0.05) is 6.54 Å². The number of hydrogen-bond donors (Lipinski definition) is 6. The number of aliphatic hydroxyl groups excluding tert-OH is 1. The summed E-state index contributed by atoms with van der Waals surface area (Å²) < 4.78 is 0. The topological polar surface area (TPSA) is 199 Å². The van der Waals surface area contributed by atoms with E-state index in [0.29, 0.717) is 6.42 Å². The first-order valence-corrected chi connectivity index (χ1v) is 9.21. The lowest BCUT2D eigenvalue weighted by atomic mass is 10.0. The molecule has 0 saturated carbocycles. The molecule has 1 aliphatic heterocycles. The van der Waals surface area contributed by atoms with Crippen LogP contribution in [0.25, 0.3) is 0 Å². The number of carboxylic acids is 2. The second kappa shape index (κ2) is 10.7. The smallest absolute Gasteiger partial charge is 0.326 e. The Morgan fingerprint density at radius 1 is 1.10 bits per heavy atom. The lowest BCUT2D eigenvalue weighted by Crippen LogP contribution is -2.59. The molecule has 0 aliphatic carbocycles. The van der Waals surface area contributed by atoms with Gasteiger partial charge in [0.1, 0.15) is 18.1 Å². The van der Waals surface area contributed by atoms with E-state index in [1.165, 1.54) is 0 Å². The van der Waals surface area contributed by atoms with Crippen LogP contribution in [-0.2, 0) is 24.0 Å². The molecule has 0 aromatic rings. The predicted molar refractivity (Wildman–Crippen MR) is 98.4 cm³/mol. The molecule has 1 fully saturated rings. The van der Waals surface area contributed by atoms with Crippen LogP contribution in [0.1, 0.15) is 33.1 Å². The van der Waals surface area contributed by atoms with E-state index >= 15 is 0 Å². The van der Waals surface area contributed by atoms with Crippen LogP contribution < -0.4 is 16.4 Å². The first-order valence-electron chi connectivity index (χ1n) is 9.21. The fourth-order valence-corrected chi connectivity index (χ4v) is 3.01. The average Bonchev–Trinajstić information content (AvgIpc) is 3.12. The summed E-state index contributed by atoms with van der Waals surface area (Å²) in [5, 5.41) is 32.1. The first kappa shape index (κ1) is 24.3. The van der Waals surface area contributed by atoms with Crippen molar-refractivity contribution in [1.82, 2.24) is 15.5 Å². The summed E-state index contributed by atoms with van der Waals surface area (Å²) in [6.45, 7) is 2.66. The molecule has 4 unspecified atom stereocenters. The zero-order valence-corrected chi connectivity index (χ0v) is 16.3. The van der Waals surface area contributed by atoms with E-state index in [1.54, 1.807) is 13.8 Å². The summed E-state index contributed by atoms with van der Waals surface area (Å²) >= 11 is 0. The number of nitrogens with two attached hydrogens (primary N) is 1. The predicted octanol–water partition coefficient (Wildman–Crippen LogP) is -2.52. The van der Waals surface area contributed by atoms with Crippen LogP contribution in [0, 0.1) is 5.92 Å². The van der Waals surface area contributed by atoms with E-state index < -0.39 is 72.8 Å². The minimum Gasteiger partial charge on any atom is -0.481 e. The van der Waals surface area contributed by atoms with Crippen molar-refractivity contribution < 1.29 is 39.3 Å². The van der Waals surface area contributed by atoms with Crippen molar-refractivity contribution in [1.29, 1.82) is 0 Å². The number of rotatable bonds is 10. The normalized spacial score (nSPS) is 19.3. The van der Waals surface area contributed by atoms with Crippen LogP contribution in [0.5, 0.6) is 0 Å². The molecule has 164 valence electrons. The summed E-state index contributed by atoms with van der Waals surface area (Å²) in [6, 6.07) is -4.91. The Kier molecular flexibility index (Phi) is 8.98. The number of nitrogens with one attached hydrogen (secondary N) is 2. The van der Waals surface area contributed by atoms with Crippen LogP contribution in [-0.4, -0.2) is 87.2 Å². The standard InChI is InChI=1S/C17H28N4O8/c1-8(2)13(20-14(25)9(18)6-12(23)24)15(26)19-10(7-22)16(27)21-5-3-4-11(21)17(28)29/h8-11,13,22H,3-7,18H2,1-2H3,(H,19,26)(H,20,25)(H,23,24)(H,28,29). The highest BCUT2D eigenvalue weighted by Crippen LogP contribution is 2.18. The van der Waals surface area contributed by atoms with Gasteiger partial charge in [-0.15, -0.1) is 0 Å². The highest BCUT2D eigenvalue weighted by atomic mass is 16.4. The maximum absolute atomic E-state index is 12.6. The molecule has 1 heterocycles. The van der Waals surface area contributed by atoms with Crippen molar-refractivity contribution in [2.45, 2.75) is 57.3 Å². The van der Waals surface area contributed by atoms with Crippen molar-refractivity contribution in [2.75, 3.05) is 13.2 Å². The summed E-state index contributed by atoms with van der Waals surface area (Å²) in [7, 11) is 0. The van der Waals surface area contributed by atoms with Crippen LogP contribution in [0.2, 0.25) is 0 Å². The monoisotopic (exact) mass is 416 g/mol. The van der Waals surface area contributed by atoms with Crippen molar-refractivity contribution in [3.8, 4) is 0 Å². The molecule has 0 radical (unpaired) electrons.